The van der Waals surface area contributed by atoms with E-state index in [0.717, 1.165) is 25.7 Å². The van der Waals surface area contributed by atoms with Gasteiger partial charge in [-0.2, -0.15) is 15.0 Å². The summed E-state index contributed by atoms with van der Waals surface area (Å²) in [5.74, 6) is 2.07. The number of Topliss-reactive ketones (excluding diaryl/α,β-unsaturated/α-hetero) is 1. The maximum Gasteiger partial charge on any atom is 0.320 e. The summed E-state index contributed by atoms with van der Waals surface area (Å²) in [6.07, 6.45) is 15.2. The Kier molecular flexibility index (Phi) is 9.69. The van der Waals surface area contributed by atoms with E-state index in [-0.39, 0.29) is 53.4 Å². The highest BCUT2D eigenvalue weighted by Crippen LogP contribution is 2.65. The highest BCUT2D eigenvalue weighted by Gasteiger charge is 2.59. The molecule has 4 aliphatic carbocycles. The summed E-state index contributed by atoms with van der Waals surface area (Å²) in [6.45, 7) is 17.7. The van der Waals surface area contributed by atoms with Gasteiger partial charge in [0.1, 0.15) is 6.61 Å². The Morgan fingerprint density at radius 2 is 1.75 bits per heavy atom. The van der Waals surface area contributed by atoms with Crippen LogP contribution in [0, 0.1) is 34.5 Å². The molecule has 5 aliphatic rings. The molecule has 2 heterocycles. The second kappa shape index (κ2) is 13.8. The van der Waals surface area contributed by atoms with Crippen molar-refractivity contribution in [2.24, 2.45) is 34.5 Å². The number of allylic oxidation sites excluding steroid dienone is 6. The first-order valence-corrected chi connectivity index (χ1v) is 17.3. The average Bonchev–Trinajstić information content (AvgIpc) is 3.35. The van der Waals surface area contributed by atoms with Gasteiger partial charge in [0, 0.05) is 50.6 Å². The van der Waals surface area contributed by atoms with Crippen LogP contribution in [0.25, 0.3) is 0 Å². The van der Waals surface area contributed by atoms with Gasteiger partial charge in [-0.05, 0) is 67.9 Å². The van der Waals surface area contributed by atoms with Crippen LogP contribution >= 0.6 is 0 Å². The maximum atomic E-state index is 13.8. The van der Waals surface area contributed by atoms with E-state index in [1.807, 2.05) is 11.0 Å². The first kappa shape index (κ1) is 33.8. The van der Waals surface area contributed by atoms with Crippen molar-refractivity contribution >= 4 is 35.4 Å². The lowest BCUT2D eigenvalue weighted by atomic mass is 9.52. The Morgan fingerprint density at radius 3 is 2.42 bits per heavy atom. The lowest BCUT2D eigenvalue weighted by Gasteiger charge is -2.52. The number of anilines is 3. The van der Waals surface area contributed by atoms with E-state index in [0.29, 0.717) is 68.9 Å². The van der Waals surface area contributed by atoms with Crippen molar-refractivity contribution < 1.29 is 19.1 Å². The Bertz CT molecular complexity index is 1530. The first-order chi connectivity index (χ1) is 23.1. The molecule has 0 amide bonds. The number of nitrogens with one attached hydrogen (secondary N) is 2. The van der Waals surface area contributed by atoms with Gasteiger partial charge in [-0.3, -0.25) is 19.3 Å². The Hall–Kier alpha value is -4.12. The van der Waals surface area contributed by atoms with Gasteiger partial charge in [0.15, 0.2) is 11.6 Å². The van der Waals surface area contributed by atoms with Crippen LogP contribution in [0.15, 0.2) is 60.8 Å². The second-order valence-corrected chi connectivity index (χ2v) is 14.4. The zero-order chi connectivity index (χ0) is 34.1. The lowest BCUT2D eigenvalue weighted by molar-refractivity contribution is -0.151. The number of ether oxygens (including phenoxy) is 1. The SMILES string of the molecule is C=CCNc1nc(NCC=C)nc(N2CCN(CC(=O)OCC(=O)[C@H]3C(C)C[C@H]4[C@@H]5CCC6=CC(=O)C=C[C@]6(C)C5=CC[C@]34C)CC2)n1. The number of hydrogen-bond donors (Lipinski definition) is 2. The topological polar surface area (TPSA) is 130 Å². The second-order valence-electron chi connectivity index (χ2n) is 14.4. The van der Waals surface area contributed by atoms with Crippen LogP contribution < -0.4 is 15.5 Å². The van der Waals surface area contributed by atoms with E-state index < -0.39 is 0 Å². The number of hydrogen-bond acceptors (Lipinski definition) is 11. The first-order valence-electron chi connectivity index (χ1n) is 17.3. The third kappa shape index (κ3) is 6.49. The van der Waals surface area contributed by atoms with E-state index in [4.69, 9.17) is 4.74 Å². The standard InChI is InChI=1S/C37H49N7O4/c1-6-14-38-33-40-34(39-15-7-2)42-35(41-33)44-18-16-43(17-19-44)22-31(47)48-23-30(46)32-24(3)20-29-27-9-8-25-21-26(45)10-12-36(25,4)28(27)11-13-37(29,32)5/h6-7,10-12,21,24,27,29,32H,1-2,8-9,13-20,22-23H2,3-5H3,(H2,38,39,40,41,42)/t24?,27-,29+,32-,36+,37+/m1/s1. The number of piperazine rings is 1. The number of nitrogens with zero attached hydrogens (tertiary/aromatic N) is 5. The summed E-state index contributed by atoms with van der Waals surface area (Å²) in [5, 5.41) is 6.25. The predicted octanol–water partition coefficient (Wildman–Crippen LogP) is 4.39. The molecule has 3 fully saturated rings. The molecule has 6 rings (SSSR count). The average molecular weight is 656 g/mol. The third-order valence-electron chi connectivity index (χ3n) is 11.5. The van der Waals surface area contributed by atoms with Gasteiger partial charge in [-0.1, -0.05) is 49.3 Å². The molecule has 1 aromatic heterocycles. The zero-order valence-corrected chi connectivity index (χ0v) is 28.5. The van der Waals surface area contributed by atoms with Crippen LogP contribution in [0.4, 0.5) is 17.8 Å². The zero-order valence-electron chi connectivity index (χ0n) is 28.5. The van der Waals surface area contributed by atoms with Crippen molar-refractivity contribution in [3.05, 3.63) is 60.8 Å². The minimum atomic E-state index is -0.375. The fourth-order valence-corrected chi connectivity index (χ4v) is 9.14. The van der Waals surface area contributed by atoms with Crippen LogP contribution in [0.1, 0.15) is 46.5 Å². The Labute approximate surface area is 283 Å². The number of aromatic nitrogens is 3. The quantitative estimate of drug-likeness (QED) is 0.246. The summed E-state index contributed by atoms with van der Waals surface area (Å²) < 4.78 is 5.64. The predicted molar refractivity (Wildman–Crippen MR) is 186 cm³/mol. The largest absolute Gasteiger partial charge is 0.457 e. The molecule has 1 unspecified atom stereocenters. The molecule has 0 spiro atoms. The molecule has 1 aromatic rings. The van der Waals surface area contributed by atoms with Crippen molar-refractivity contribution in [2.45, 2.75) is 46.5 Å². The summed E-state index contributed by atoms with van der Waals surface area (Å²) in [5.41, 5.74) is 2.27. The Morgan fingerprint density at radius 1 is 1.06 bits per heavy atom. The van der Waals surface area contributed by atoms with Gasteiger partial charge in [0.25, 0.3) is 0 Å². The van der Waals surface area contributed by atoms with Gasteiger partial charge >= 0.3 is 5.97 Å². The highest BCUT2D eigenvalue weighted by atomic mass is 16.5. The van der Waals surface area contributed by atoms with E-state index in [9.17, 15) is 14.4 Å². The molecule has 256 valence electrons. The number of esters is 1. The molecule has 11 nitrogen and oxygen atoms in total. The van der Waals surface area contributed by atoms with Crippen LogP contribution in [0.3, 0.4) is 0 Å². The van der Waals surface area contributed by atoms with Crippen LogP contribution in [-0.2, 0) is 19.1 Å². The molecule has 48 heavy (non-hydrogen) atoms. The molecule has 1 saturated heterocycles. The monoisotopic (exact) mass is 655 g/mol. The number of carbonyl (C=O) groups is 3. The summed E-state index contributed by atoms with van der Waals surface area (Å²) in [6, 6.07) is 0. The summed E-state index contributed by atoms with van der Waals surface area (Å²) in [4.78, 5) is 56.5. The molecule has 2 N–H and O–H groups in total. The molecular formula is C37H49N7O4. The minimum absolute atomic E-state index is 0.0323. The molecule has 6 atom stereocenters. The fraction of sp³-hybridized carbons (Fsp3) is 0.568. The van der Waals surface area contributed by atoms with Crippen molar-refractivity contribution in [3.8, 4) is 0 Å². The van der Waals surface area contributed by atoms with Crippen LogP contribution in [0.2, 0.25) is 0 Å². The molecule has 2 saturated carbocycles. The van der Waals surface area contributed by atoms with E-state index in [2.05, 4.69) is 76.6 Å². The molecule has 11 heteroatoms. The van der Waals surface area contributed by atoms with E-state index >= 15 is 0 Å². The summed E-state index contributed by atoms with van der Waals surface area (Å²) >= 11 is 0. The van der Waals surface area contributed by atoms with Crippen molar-refractivity contribution in [1.29, 1.82) is 0 Å². The lowest BCUT2D eigenvalue weighted by Crippen LogP contribution is -2.49. The molecular weight excluding hydrogens is 606 g/mol. The number of ketones is 2. The third-order valence-corrected chi connectivity index (χ3v) is 11.5. The molecule has 0 aromatic carbocycles. The minimum Gasteiger partial charge on any atom is -0.457 e. The fourth-order valence-electron chi connectivity index (χ4n) is 9.14. The Balaban J connectivity index is 1.03. The number of carbonyl (C=O) groups excluding carboxylic acids is 3. The van der Waals surface area contributed by atoms with Crippen molar-refractivity contribution in [2.75, 3.05) is 68.0 Å². The maximum absolute atomic E-state index is 13.8. The molecule has 0 bridgehead atoms. The van der Waals surface area contributed by atoms with E-state index in [1.54, 1.807) is 18.2 Å². The normalized spacial score (nSPS) is 31.1. The van der Waals surface area contributed by atoms with Gasteiger partial charge in [0.05, 0.1) is 6.54 Å². The number of rotatable bonds is 12. The van der Waals surface area contributed by atoms with Crippen molar-refractivity contribution in [3.63, 3.8) is 0 Å². The van der Waals surface area contributed by atoms with Gasteiger partial charge in [0.2, 0.25) is 17.8 Å². The van der Waals surface area contributed by atoms with E-state index in [1.165, 1.54) is 11.1 Å². The van der Waals surface area contributed by atoms with Gasteiger partial charge in [-0.15, -0.1) is 13.2 Å². The number of fused-ring (bicyclic) bond motifs is 5. The van der Waals surface area contributed by atoms with Gasteiger partial charge in [-0.25, -0.2) is 0 Å². The van der Waals surface area contributed by atoms with Crippen molar-refractivity contribution in [1.82, 2.24) is 19.9 Å². The summed E-state index contributed by atoms with van der Waals surface area (Å²) in [7, 11) is 0. The highest BCUT2D eigenvalue weighted by molar-refractivity contribution is 6.01. The van der Waals surface area contributed by atoms with Crippen LogP contribution in [0.5, 0.6) is 0 Å². The molecule has 0 radical (unpaired) electrons. The van der Waals surface area contributed by atoms with Gasteiger partial charge < -0.3 is 20.3 Å². The molecule has 1 aliphatic heterocycles. The van der Waals surface area contributed by atoms with Crippen LogP contribution in [-0.4, -0.2) is 89.8 Å². The smallest absolute Gasteiger partial charge is 0.320 e.